The van der Waals surface area contributed by atoms with Crippen LogP contribution in [0.15, 0.2) is 84.1 Å². The van der Waals surface area contributed by atoms with E-state index in [1.165, 1.54) is 36.5 Å². The second-order valence-corrected chi connectivity index (χ2v) is 9.40. The molecule has 8 nitrogen and oxygen atoms in total. The molecule has 1 aliphatic heterocycles. The first-order chi connectivity index (χ1) is 18.4. The molecular weight excluding hydrogens is 504 g/mol. The Bertz CT molecular complexity index is 1590. The van der Waals surface area contributed by atoms with Crippen LogP contribution in [0.3, 0.4) is 0 Å². The summed E-state index contributed by atoms with van der Waals surface area (Å²) in [6, 6.07) is 18.9. The Balaban J connectivity index is 1.63. The number of anilines is 1. The van der Waals surface area contributed by atoms with Gasteiger partial charge in [-0.2, -0.15) is 0 Å². The number of ether oxygens (including phenoxy) is 3. The summed E-state index contributed by atoms with van der Waals surface area (Å²) < 4.78 is 16.9. The van der Waals surface area contributed by atoms with Gasteiger partial charge in [0.05, 0.1) is 43.2 Å². The van der Waals surface area contributed by atoms with Gasteiger partial charge in [0.25, 0.3) is 5.91 Å². The van der Waals surface area contributed by atoms with Crippen molar-refractivity contribution in [1.29, 1.82) is 0 Å². The lowest BCUT2D eigenvalue weighted by molar-refractivity contribution is -0.117. The fraction of sp³-hybridized carbons (Fsp3) is 0.138. The van der Waals surface area contributed by atoms with Gasteiger partial charge in [-0.3, -0.25) is 14.5 Å². The molecule has 4 aromatic rings. The van der Waals surface area contributed by atoms with E-state index >= 15 is 0 Å². The van der Waals surface area contributed by atoms with E-state index in [4.69, 9.17) is 14.2 Å². The number of carbonyl (C=O) groups excluding carboxylic acids is 2. The number of thiazole rings is 1. The number of benzene rings is 3. The van der Waals surface area contributed by atoms with Crippen LogP contribution in [0.1, 0.15) is 17.2 Å². The summed E-state index contributed by atoms with van der Waals surface area (Å²) in [5.41, 5.74) is 1.97. The van der Waals surface area contributed by atoms with E-state index in [0.717, 1.165) is 10.3 Å². The van der Waals surface area contributed by atoms with Gasteiger partial charge in [0.15, 0.2) is 28.2 Å². The highest BCUT2D eigenvalue weighted by atomic mass is 32.1. The van der Waals surface area contributed by atoms with Gasteiger partial charge in [0.2, 0.25) is 0 Å². The highest BCUT2D eigenvalue weighted by Gasteiger charge is 2.45. The number of aliphatic hydroxyl groups excluding tert-OH is 1. The quantitative estimate of drug-likeness (QED) is 0.301. The molecule has 9 heteroatoms. The van der Waals surface area contributed by atoms with Crippen LogP contribution >= 0.6 is 11.3 Å². The normalized spacial score (nSPS) is 15.5. The first-order valence-corrected chi connectivity index (χ1v) is 12.5. The van der Waals surface area contributed by atoms with Crippen molar-refractivity contribution in [3.8, 4) is 17.2 Å². The van der Waals surface area contributed by atoms with Gasteiger partial charge >= 0.3 is 0 Å². The highest BCUT2D eigenvalue weighted by Crippen LogP contribution is 2.45. The Morgan fingerprint density at radius 1 is 0.974 bits per heavy atom. The van der Waals surface area contributed by atoms with Crippen molar-refractivity contribution >= 4 is 44.5 Å². The number of fused-ring (bicyclic) bond motifs is 1. The minimum Gasteiger partial charge on any atom is -0.503 e. The van der Waals surface area contributed by atoms with E-state index in [9.17, 15) is 14.7 Å². The molecule has 192 valence electrons. The molecule has 5 rings (SSSR count). The zero-order valence-corrected chi connectivity index (χ0v) is 21.7. The van der Waals surface area contributed by atoms with Crippen molar-refractivity contribution in [2.75, 3.05) is 26.2 Å². The van der Waals surface area contributed by atoms with Gasteiger partial charge in [-0.25, -0.2) is 4.98 Å². The lowest BCUT2D eigenvalue weighted by atomic mass is 9.95. The van der Waals surface area contributed by atoms with Crippen LogP contribution in [0.4, 0.5) is 5.13 Å². The molecule has 38 heavy (non-hydrogen) atoms. The second kappa shape index (κ2) is 10.4. The van der Waals surface area contributed by atoms with Crippen molar-refractivity contribution in [2.45, 2.75) is 6.04 Å². The third-order valence-corrected chi connectivity index (χ3v) is 7.23. The van der Waals surface area contributed by atoms with Crippen molar-refractivity contribution in [3.63, 3.8) is 0 Å². The highest BCUT2D eigenvalue weighted by molar-refractivity contribution is 7.22. The van der Waals surface area contributed by atoms with Gasteiger partial charge in [0, 0.05) is 0 Å². The fourth-order valence-electron chi connectivity index (χ4n) is 4.34. The van der Waals surface area contributed by atoms with Crippen molar-refractivity contribution in [2.24, 2.45) is 0 Å². The molecule has 0 saturated carbocycles. The van der Waals surface area contributed by atoms with Gasteiger partial charge in [-0.15, -0.1) is 0 Å². The summed E-state index contributed by atoms with van der Waals surface area (Å²) in [7, 11) is 4.60. The number of amides is 1. The molecule has 1 amide bonds. The number of rotatable bonds is 8. The maximum Gasteiger partial charge on any atom is 0.296 e. The summed E-state index contributed by atoms with van der Waals surface area (Å²) in [6.45, 7) is 0. The number of aliphatic hydroxyl groups is 1. The van der Waals surface area contributed by atoms with Crippen LogP contribution in [0.2, 0.25) is 0 Å². The van der Waals surface area contributed by atoms with E-state index in [-0.39, 0.29) is 5.57 Å². The van der Waals surface area contributed by atoms with Gasteiger partial charge < -0.3 is 19.3 Å². The number of allylic oxidation sites excluding steroid dienone is 1. The molecular formula is C29H24N2O6S. The largest absolute Gasteiger partial charge is 0.503 e. The molecule has 0 fully saturated rings. The van der Waals surface area contributed by atoms with Crippen LogP contribution in [0, 0.1) is 0 Å². The SMILES string of the molecule is COc1ccc2nc(N3C(=O)C(O)=C(C(=O)/C=C/c4ccccc4)C3c3ccc(OC)c(OC)c3)sc2c1. The maximum absolute atomic E-state index is 13.5. The zero-order chi connectivity index (χ0) is 26.8. The van der Waals surface area contributed by atoms with Crippen molar-refractivity contribution in [1.82, 2.24) is 4.98 Å². The van der Waals surface area contributed by atoms with Gasteiger partial charge in [-0.1, -0.05) is 53.8 Å². The summed E-state index contributed by atoms with van der Waals surface area (Å²) in [4.78, 5) is 33.0. The predicted octanol–water partition coefficient (Wildman–Crippen LogP) is 5.50. The van der Waals surface area contributed by atoms with E-state index < -0.39 is 23.5 Å². The third-order valence-electron chi connectivity index (χ3n) is 6.21. The molecule has 0 bridgehead atoms. The lowest BCUT2D eigenvalue weighted by Gasteiger charge is -2.24. The first-order valence-electron chi connectivity index (χ1n) is 11.7. The fourth-order valence-corrected chi connectivity index (χ4v) is 5.36. The van der Waals surface area contributed by atoms with Crippen LogP contribution in [0.25, 0.3) is 16.3 Å². The molecule has 1 atom stereocenters. The molecule has 0 radical (unpaired) electrons. The van der Waals surface area contributed by atoms with Crippen LogP contribution in [0.5, 0.6) is 17.2 Å². The first kappa shape index (κ1) is 25.0. The number of ketones is 1. The molecule has 1 aromatic heterocycles. The standard InChI is InChI=1S/C29H24N2O6S/c1-35-19-11-12-20-24(16-19)38-29(30-20)31-26(18-10-14-22(36-2)23(15-18)37-3)25(27(33)28(31)34)21(32)13-9-17-7-5-4-6-8-17/h4-16,26,33H,1-3H3/b13-9+. The molecule has 2 heterocycles. The third kappa shape index (κ3) is 4.48. The topological polar surface area (TPSA) is 98.2 Å². The smallest absolute Gasteiger partial charge is 0.296 e. The van der Waals surface area contributed by atoms with Crippen LogP contribution in [-0.2, 0) is 9.59 Å². The number of aromatic nitrogens is 1. The minimum atomic E-state index is -0.947. The Hall–Kier alpha value is -4.63. The number of hydrogen-bond donors (Lipinski definition) is 1. The Labute approximate surface area is 223 Å². The Kier molecular flexibility index (Phi) is 6.85. The van der Waals surface area contributed by atoms with Crippen LogP contribution < -0.4 is 19.1 Å². The van der Waals surface area contributed by atoms with Gasteiger partial charge in [0.1, 0.15) is 5.75 Å². The molecule has 1 aliphatic rings. The molecule has 1 unspecified atom stereocenters. The van der Waals surface area contributed by atoms with E-state index in [0.29, 0.717) is 33.5 Å². The molecule has 0 aliphatic carbocycles. The van der Waals surface area contributed by atoms with E-state index in [2.05, 4.69) is 4.98 Å². The van der Waals surface area contributed by atoms with E-state index in [1.807, 2.05) is 36.4 Å². The molecule has 1 N–H and O–H groups in total. The summed E-state index contributed by atoms with van der Waals surface area (Å²) in [5.74, 6) is -0.269. The molecule has 3 aromatic carbocycles. The molecule has 0 spiro atoms. The minimum absolute atomic E-state index is 0.0498. The average molecular weight is 529 g/mol. The number of nitrogens with zero attached hydrogens (tertiary/aromatic N) is 2. The summed E-state index contributed by atoms with van der Waals surface area (Å²) >= 11 is 1.26. The van der Waals surface area contributed by atoms with Crippen molar-refractivity contribution in [3.05, 3.63) is 95.3 Å². The van der Waals surface area contributed by atoms with Crippen molar-refractivity contribution < 1.29 is 28.9 Å². The number of methoxy groups -OCH3 is 3. The summed E-state index contributed by atoms with van der Waals surface area (Å²) in [6.07, 6.45) is 3.00. The van der Waals surface area contributed by atoms with E-state index in [1.54, 1.807) is 43.5 Å². The Morgan fingerprint density at radius 2 is 1.74 bits per heavy atom. The van der Waals surface area contributed by atoms with Crippen LogP contribution in [-0.4, -0.2) is 43.1 Å². The average Bonchev–Trinajstić information content (AvgIpc) is 3.49. The monoisotopic (exact) mass is 528 g/mol. The molecule has 0 saturated heterocycles. The number of carbonyl (C=O) groups is 2. The summed E-state index contributed by atoms with van der Waals surface area (Å²) in [5, 5.41) is 11.3. The number of hydrogen-bond acceptors (Lipinski definition) is 8. The lowest BCUT2D eigenvalue weighted by Crippen LogP contribution is -2.30. The second-order valence-electron chi connectivity index (χ2n) is 8.39. The predicted molar refractivity (Wildman–Crippen MR) is 146 cm³/mol. The zero-order valence-electron chi connectivity index (χ0n) is 20.9. The Morgan fingerprint density at radius 3 is 2.45 bits per heavy atom. The maximum atomic E-state index is 13.5. The van der Waals surface area contributed by atoms with Gasteiger partial charge in [-0.05, 0) is 47.5 Å².